The molecule has 0 spiro atoms. The number of pyridine rings is 3. The fraction of sp³-hybridized carbons (Fsp3) is 0.310. The highest BCUT2D eigenvalue weighted by molar-refractivity contribution is 6.18. The lowest BCUT2D eigenvalue weighted by Gasteiger charge is -2.31. The number of hydrogen-bond acceptors (Lipinski definition) is 7. The van der Waals surface area contributed by atoms with Gasteiger partial charge in [0.1, 0.15) is 16.9 Å². The van der Waals surface area contributed by atoms with Crippen LogP contribution in [0.2, 0.25) is 0 Å². The van der Waals surface area contributed by atoms with E-state index in [1.807, 2.05) is 14.1 Å². The summed E-state index contributed by atoms with van der Waals surface area (Å²) in [5.74, 6) is -3.30. The lowest BCUT2D eigenvalue weighted by molar-refractivity contribution is 0.0695. The average molecular weight is 562 g/mol. The molecule has 212 valence electrons. The predicted molar refractivity (Wildman–Crippen MR) is 155 cm³/mol. The highest BCUT2D eigenvalue weighted by Gasteiger charge is 2.32. The van der Waals surface area contributed by atoms with Gasteiger partial charge in [0.05, 0.1) is 33.1 Å². The molecule has 1 aliphatic heterocycles. The van der Waals surface area contributed by atoms with Crippen molar-refractivity contribution in [3.63, 3.8) is 0 Å². The Labute approximate surface area is 233 Å². The number of aromatic amines is 1. The largest absolute Gasteiger partial charge is 0.477 e. The highest BCUT2D eigenvalue weighted by atomic mass is 19.2. The lowest BCUT2D eigenvalue weighted by atomic mass is 10.0. The van der Waals surface area contributed by atoms with Gasteiger partial charge in [-0.3, -0.25) is 4.79 Å². The lowest BCUT2D eigenvalue weighted by Crippen LogP contribution is -2.38. The normalized spacial score (nSPS) is 15.6. The molecule has 1 atom stereocenters. The molecule has 10 nitrogen and oxygen atoms in total. The number of aromatic carboxylic acids is 1. The van der Waals surface area contributed by atoms with Gasteiger partial charge in [-0.1, -0.05) is 0 Å². The molecule has 1 fully saturated rings. The van der Waals surface area contributed by atoms with Crippen molar-refractivity contribution in [2.45, 2.75) is 18.9 Å². The second-order valence-electron chi connectivity index (χ2n) is 10.7. The zero-order valence-electron chi connectivity index (χ0n) is 23.0. The fourth-order valence-corrected chi connectivity index (χ4v) is 6.05. The van der Waals surface area contributed by atoms with Crippen LogP contribution < -0.4 is 15.6 Å². The van der Waals surface area contributed by atoms with Gasteiger partial charge in [0.15, 0.2) is 11.6 Å². The van der Waals surface area contributed by atoms with E-state index in [9.17, 15) is 19.1 Å². The molecule has 4 aromatic heterocycles. The number of nitrogens with one attached hydrogen (secondary N) is 2. The number of aromatic nitrogens is 4. The smallest absolute Gasteiger partial charge is 0.341 e. The van der Waals surface area contributed by atoms with E-state index in [4.69, 9.17) is 0 Å². The van der Waals surface area contributed by atoms with E-state index in [2.05, 4.69) is 30.1 Å². The van der Waals surface area contributed by atoms with Gasteiger partial charge in [-0.2, -0.15) is 0 Å². The van der Waals surface area contributed by atoms with E-state index >= 15 is 4.39 Å². The number of carboxylic acid groups (broad SMARTS) is 1. The number of aryl methyl sites for hydroxylation is 1. The van der Waals surface area contributed by atoms with Crippen LogP contribution in [0.5, 0.6) is 0 Å². The van der Waals surface area contributed by atoms with E-state index < -0.39 is 23.0 Å². The fourth-order valence-electron chi connectivity index (χ4n) is 6.05. The van der Waals surface area contributed by atoms with Gasteiger partial charge in [0.2, 0.25) is 5.43 Å². The Morgan fingerprint density at radius 3 is 2.71 bits per heavy atom. The van der Waals surface area contributed by atoms with Crippen LogP contribution in [-0.4, -0.2) is 75.8 Å². The van der Waals surface area contributed by atoms with E-state index in [1.165, 1.54) is 10.8 Å². The Morgan fingerprint density at radius 1 is 1.22 bits per heavy atom. The van der Waals surface area contributed by atoms with Gasteiger partial charge in [-0.05, 0) is 33.0 Å². The Kier molecular flexibility index (Phi) is 6.37. The summed E-state index contributed by atoms with van der Waals surface area (Å²) >= 11 is 0. The molecule has 0 amide bonds. The standard InChI is InChI=1S/C29H29F2N7O3/c1-32-20-9-19(30)23(31)21-22-25(38-7-5-6-15(38)12-36(2)3)17(11-33-27(22)35-24(20)21)14-8-16-26(39)18(29(40)41)13-37(4)28(16)34-10-14/h8-11,13,15,32H,5-7,12H2,1-4H3,(H,33,35)(H,40,41)/t15-/m1/s1. The Hall–Kier alpha value is -4.58. The van der Waals surface area contributed by atoms with Crippen molar-refractivity contribution in [2.24, 2.45) is 7.05 Å². The van der Waals surface area contributed by atoms with Crippen LogP contribution in [-0.2, 0) is 7.05 Å². The number of anilines is 2. The van der Waals surface area contributed by atoms with Crippen LogP contribution in [0.4, 0.5) is 20.2 Å². The maximum Gasteiger partial charge on any atom is 0.341 e. The topological polar surface area (TPSA) is 119 Å². The summed E-state index contributed by atoms with van der Waals surface area (Å²) in [6, 6.07) is 2.80. The van der Waals surface area contributed by atoms with Crippen molar-refractivity contribution in [1.29, 1.82) is 0 Å². The molecule has 6 rings (SSSR count). The van der Waals surface area contributed by atoms with Crippen LogP contribution in [0, 0.1) is 11.6 Å². The molecule has 3 N–H and O–H groups in total. The second kappa shape index (κ2) is 9.81. The van der Waals surface area contributed by atoms with Crippen molar-refractivity contribution in [3.8, 4) is 11.1 Å². The molecule has 0 radical (unpaired) electrons. The molecule has 0 aliphatic carbocycles. The molecule has 5 aromatic rings. The Balaban J connectivity index is 1.72. The van der Waals surface area contributed by atoms with Crippen molar-refractivity contribution >= 4 is 50.3 Å². The first kappa shape index (κ1) is 26.6. The number of likely N-dealkylation sites (N-methyl/N-ethyl adjacent to an activating group) is 1. The average Bonchev–Trinajstić information content (AvgIpc) is 3.56. The number of benzene rings is 1. The number of carboxylic acids is 1. The van der Waals surface area contributed by atoms with Crippen LogP contribution in [0.15, 0.2) is 35.5 Å². The molecule has 0 bridgehead atoms. The summed E-state index contributed by atoms with van der Waals surface area (Å²) in [7, 11) is 7.24. The summed E-state index contributed by atoms with van der Waals surface area (Å²) in [5, 5.41) is 13.2. The number of rotatable bonds is 6. The Morgan fingerprint density at radius 2 is 2.00 bits per heavy atom. The minimum Gasteiger partial charge on any atom is -0.477 e. The highest BCUT2D eigenvalue weighted by Crippen LogP contribution is 2.45. The summed E-state index contributed by atoms with van der Waals surface area (Å²) in [6.07, 6.45) is 6.29. The minimum atomic E-state index is -1.33. The number of fused-ring (bicyclic) bond motifs is 4. The molecule has 0 saturated carbocycles. The van der Waals surface area contributed by atoms with Gasteiger partial charge in [0.25, 0.3) is 0 Å². The third-order valence-electron chi connectivity index (χ3n) is 7.83. The number of halogens is 2. The maximum absolute atomic E-state index is 15.6. The molecular weight excluding hydrogens is 532 g/mol. The maximum atomic E-state index is 15.6. The molecule has 1 saturated heterocycles. The van der Waals surface area contributed by atoms with Gasteiger partial charge >= 0.3 is 5.97 Å². The molecule has 5 heterocycles. The SMILES string of the molecule is CNc1cc(F)c(F)c2c1[nH]c1ncc(-c3cnc4c(c3)c(=O)c(C(=O)O)cn4C)c(N3CCC[C@@H]3CN(C)C)c12. The van der Waals surface area contributed by atoms with Crippen molar-refractivity contribution in [2.75, 3.05) is 44.4 Å². The van der Waals surface area contributed by atoms with E-state index in [0.717, 1.165) is 25.5 Å². The quantitative estimate of drug-likeness (QED) is 0.283. The summed E-state index contributed by atoms with van der Waals surface area (Å²) < 4.78 is 32.0. The molecular formula is C29H29F2N7O3. The molecule has 0 unspecified atom stereocenters. The van der Waals surface area contributed by atoms with Crippen LogP contribution in [0.3, 0.4) is 0 Å². The van der Waals surface area contributed by atoms with Gasteiger partial charge in [-0.15, -0.1) is 0 Å². The van der Waals surface area contributed by atoms with Crippen molar-refractivity contribution in [1.82, 2.24) is 24.4 Å². The van der Waals surface area contributed by atoms with Gasteiger partial charge in [-0.25, -0.2) is 23.5 Å². The number of H-pyrrole nitrogens is 1. The van der Waals surface area contributed by atoms with Crippen LogP contribution in [0.25, 0.3) is 44.1 Å². The summed E-state index contributed by atoms with van der Waals surface area (Å²) in [5.41, 5.74) is 2.24. The first-order valence-corrected chi connectivity index (χ1v) is 13.2. The van der Waals surface area contributed by atoms with E-state index in [1.54, 1.807) is 32.6 Å². The molecule has 41 heavy (non-hydrogen) atoms. The number of carbonyl (C=O) groups is 1. The summed E-state index contributed by atoms with van der Waals surface area (Å²) in [6.45, 7) is 1.42. The van der Waals surface area contributed by atoms with Gasteiger partial charge < -0.3 is 29.8 Å². The minimum absolute atomic E-state index is 0.0830. The Bertz CT molecular complexity index is 1930. The molecule has 1 aromatic carbocycles. The van der Waals surface area contributed by atoms with Gasteiger partial charge in [0, 0.05) is 69.0 Å². The zero-order chi connectivity index (χ0) is 29.2. The van der Waals surface area contributed by atoms with E-state index in [0.29, 0.717) is 51.2 Å². The van der Waals surface area contributed by atoms with Crippen molar-refractivity contribution < 1.29 is 18.7 Å². The molecule has 1 aliphatic rings. The van der Waals surface area contributed by atoms with Crippen LogP contribution in [0.1, 0.15) is 23.2 Å². The zero-order valence-corrected chi connectivity index (χ0v) is 23.0. The van der Waals surface area contributed by atoms with Crippen molar-refractivity contribution in [3.05, 3.63) is 58.1 Å². The second-order valence-corrected chi connectivity index (χ2v) is 10.7. The third-order valence-corrected chi connectivity index (χ3v) is 7.83. The third kappa shape index (κ3) is 4.17. The predicted octanol–water partition coefficient (Wildman–Crippen LogP) is 4.18. The van der Waals surface area contributed by atoms with Crippen LogP contribution >= 0.6 is 0 Å². The first-order valence-electron chi connectivity index (χ1n) is 13.2. The van der Waals surface area contributed by atoms with E-state index in [-0.39, 0.29) is 22.4 Å². The number of hydrogen-bond donors (Lipinski definition) is 3. The summed E-state index contributed by atoms with van der Waals surface area (Å²) in [4.78, 5) is 41.5. The monoisotopic (exact) mass is 561 g/mol. The first-order chi connectivity index (χ1) is 19.6. The molecule has 12 heteroatoms. The number of nitrogens with zero attached hydrogens (tertiary/aromatic N) is 5.